The van der Waals surface area contributed by atoms with E-state index in [1.54, 1.807) is 10.8 Å². The van der Waals surface area contributed by atoms with Gasteiger partial charge < -0.3 is 9.84 Å². The predicted octanol–water partition coefficient (Wildman–Crippen LogP) is 5.95. The molecule has 1 aliphatic heterocycles. The van der Waals surface area contributed by atoms with E-state index in [0.717, 1.165) is 35.5 Å². The van der Waals surface area contributed by atoms with Gasteiger partial charge in [0.15, 0.2) is 0 Å². The first-order chi connectivity index (χ1) is 20.9. The SMILES string of the molecule is CC(=O)O.O=C1/C(=C\c2cn(-c3ccccc3)nc2-c2ccc(OCc3ccccc3Cl)cc2)SC(=S)N1CCS(=O)(=O)O. The Balaban J connectivity index is 0.00000104. The van der Waals surface area contributed by atoms with Gasteiger partial charge in [-0.05, 0) is 48.5 Å². The number of thiocarbonyl (C=S) groups is 1. The van der Waals surface area contributed by atoms with Crippen molar-refractivity contribution >= 4 is 68.0 Å². The summed E-state index contributed by atoms with van der Waals surface area (Å²) in [5, 5.41) is 12.8. The lowest BCUT2D eigenvalue weighted by Gasteiger charge is -2.12. The number of amides is 1. The fraction of sp³-hybridized carbons (Fsp3) is 0.133. The van der Waals surface area contributed by atoms with Gasteiger partial charge in [-0.3, -0.25) is 19.0 Å². The van der Waals surface area contributed by atoms with Crippen LogP contribution in [0.1, 0.15) is 18.1 Å². The number of aromatic nitrogens is 2. The fourth-order valence-electron chi connectivity index (χ4n) is 3.96. The summed E-state index contributed by atoms with van der Waals surface area (Å²) in [5.74, 6) is -1.21. The fourth-order valence-corrected chi connectivity index (χ4v) is 5.86. The Kier molecular flexibility index (Phi) is 10.9. The van der Waals surface area contributed by atoms with E-state index in [2.05, 4.69) is 0 Å². The molecular formula is C30H26ClN3O7S3. The number of carbonyl (C=O) groups is 2. The largest absolute Gasteiger partial charge is 0.489 e. The van der Waals surface area contributed by atoms with Crippen molar-refractivity contribution in [1.82, 2.24) is 14.7 Å². The molecule has 228 valence electrons. The number of carboxylic acid groups (broad SMARTS) is 1. The molecule has 1 saturated heterocycles. The van der Waals surface area contributed by atoms with Crippen LogP contribution in [0, 0.1) is 0 Å². The van der Waals surface area contributed by atoms with Crippen LogP contribution in [0.3, 0.4) is 0 Å². The number of benzene rings is 3. The average Bonchev–Trinajstić information content (AvgIpc) is 3.51. The first-order valence-corrected chi connectivity index (χ1v) is 16.1. The van der Waals surface area contributed by atoms with Crippen molar-refractivity contribution in [2.45, 2.75) is 13.5 Å². The highest BCUT2D eigenvalue weighted by Gasteiger charge is 2.33. The minimum absolute atomic E-state index is 0.219. The zero-order valence-electron chi connectivity index (χ0n) is 23.2. The molecule has 44 heavy (non-hydrogen) atoms. The number of hydrogen-bond donors (Lipinski definition) is 2. The van der Waals surface area contributed by atoms with Gasteiger partial charge in [-0.15, -0.1) is 0 Å². The molecule has 1 aliphatic rings. The van der Waals surface area contributed by atoms with Gasteiger partial charge >= 0.3 is 0 Å². The van der Waals surface area contributed by atoms with Gasteiger partial charge in [0.1, 0.15) is 16.7 Å². The highest BCUT2D eigenvalue weighted by molar-refractivity contribution is 8.26. The Hall–Kier alpha value is -4.01. The molecule has 1 amide bonds. The second kappa shape index (κ2) is 14.6. The van der Waals surface area contributed by atoms with E-state index in [1.165, 1.54) is 4.90 Å². The molecule has 0 spiro atoms. The van der Waals surface area contributed by atoms with Crippen LogP contribution in [-0.2, 0) is 26.3 Å². The maximum Gasteiger partial charge on any atom is 0.300 e. The quantitative estimate of drug-likeness (QED) is 0.125. The molecule has 2 N–H and O–H groups in total. The molecule has 0 atom stereocenters. The van der Waals surface area contributed by atoms with E-state index in [-0.39, 0.29) is 10.9 Å². The van der Waals surface area contributed by atoms with Crippen molar-refractivity contribution in [1.29, 1.82) is 0 Å². The molecule has 0 saturated carbocycles. The second-order valence-electron chi connectivity index (χ2n) is 9.26. The smallest absolute Gasteiger partial charge is 0.300 e. The lowest BCUT2D eigenvalue weighted by molar-refractivity contribution is -0.134. The lowest BCUT2D eigenvalue weighted by Crippen LogP contribution is -2.32. The maximum atomic E-state index is 13.0. The Morgan fingerprint density at radius 3 is 2.34 bits per heavy atom. The average molecular weight is 672 g/mol. The molecular weight excluding hydrogens is 646 g/mol. The standard InChI is InChI=1S/C28H22ClN3O5S3.C2H4O2/c29-24-9-5-4-6-20(24)18-37-23-12-10-19(11-13-23)26-21(17-32(30-26)22-7-2-1-3-8-22)16-25-27(33)31(28(38)39-25)14-15-40(34,35)36;1-2(3)4/h1-13,16-17H,14-15,18H2,(H,34,35,36);1H3,(H,3,4)/b25-16+;. The van der Waals surface area contributed by atoms with Gasteiger partial charge in [0.25, 0.3) is 22.0 Å². The minimum atomic E-state index is -4.24. The molecule has 1 fully saturated rings. The third-order valence-electron chi connectivity index (χ3n) is 5.98. The summed E-state index contributed by atoms with van der Waals surface area (Å²) in [4.78, 5) is 23.5. The van der Waals surface area contributed by atoms with Gasteiger partial charge in [-0.2, -0.15) is 13.5 Å². The van der Waals surface area contributed by atoms with Crippen molar-refractivity contribution in [3.8, 4) is 22.7 Å². The summed E-state index contributed by atoms with van der Waals surface area (Å²) < 4.78 is 39.3. The molecule has 14 heteroatoms. The summed E-state index contributed by atoms with van der Waals surface area (Å²) in [6, 6.07) is 24.5. The van der Waals surface area contributed by atoms with Crippen LogP contribution in [0.5, 0.6) is 5.75 Å². The van der Waals surface area contributed by atoms with Crippen LogP contribution in [0.15, 0.2) is 90.0 Å². The maximum absolute atomic E-state index is 13.0. The number of halogens is 1. The second-order valence-corrected chi connectivity index (χ2v) is 12.9. The summed E-state index contributed by atoms with van der Waals surface area (Å²) in [7, 11) is -4.24. The van der Waals surface area contributed by atoms with E-state index in [0.29, 0.717) is 33.5 Å². The number of ether oxygens (including phenoxy) is 1. The summed E-state index contributed by atoms with van der Waals surface area (Å²) in [6.45, 7) is 1.18. The number of carbonyl (C=O) groups excluding carboxylic acids is 1. The van der Waals surface area contributed by atoms with Gasteiger partial charge in [0.2, 0.25) is 0 Å². The van der Waals surface area contributed by atoms with E-state index in [4.69, 9.17) is 48.1 Å². The molecule has 2 heterocycles. The van der Waals surface area contributed by atoms with Crippen LogP contribution in [0.25, 0.3) is 23.0 Å². The van der Waals surface area contributed by atoms with E-state index < -0.39 is 27.7 Å². The van der Waals surface area contributed by atoms with Crippen molar-refractivity contribution in [3.63, 3.8) is 0 Å². The van der Waals surface area contributed by atoms with Crippen LogP contribution in [-0.4, -0.2) is 61.3 Å². The Labute approximate surface area is 268 Å². The molecule has 10 nitrogen and oxygen atoms in total. The monoisotopic (exact) mass is 671 g/mol. The number of para-hydroxylation sites is 1. The first kappa shape index (κ1) is 32.9. The Morgan fingerprint density at radius 1 is 1.07 bits per heavy atom. The molecule has 4 aromatic rings. The van der Waals surface area contributed by atoms with Crippen molar-refractivity contribution in [3.05, 3.63) is 106 Å². The van der Waals surface area contributed by atoms with Crippen molar-refractivity contribution in [2.24, 2.45) is 0 Å². The normalized spacial score (nSPS) is 14.0. The van der Waals surface area contributed by atoms with E-state index in [1.807, 2.05) is 85.1 Å². The van der Waals surface area contributed by atoms with Crippen molar-refractivity contribution < 1.29 is 32.4 Å². The molecule has 1 aromatic heterocycles. The third-order valence-corrected chi connectivity index (χ3v) is 8.42. The molecule has 3 aromatic carbocycles. The number of rotatable bonds is 9. The summed E-state index contributed by atoms with van der Waals surface area (Å²) >= 11 is 12.6. The third kappa shape index (κ3) is 9.00. The summed E-state index contributed by atoms with van der Waals surface area (Å²) in [5.41, 5.74) is 3.82. The highest BCUT2D eigenvalue weighted by Crippen LogP contribution is 2.35. The number of thioether (sulfide) groups is 1. The van der Waals surface area contributed by atoms with Crippen LogP contribution in [0.4, 0.5) is 0 Å². The minimum Gasteiger partial charge on any atom is -0.489 e. The Morgan fingerprint density at radius 2 is 1.70 bits per heavy atom. The molecule has 0 bridgehead atoms. The first-order valence-electron chi connectivity index (χ1n) is 12.9. The van der Waals surface area contributed by atoms with E-state index in [9.17, 15) is 13.2 Å². The van der Waals surface area contributed by atoms with Crippen LogP contribution >= 0.6 is 35.6 Å². The van der Waals surface area contributed by atoms with Gasteiger partial charge in [-0.1, -0.05) is 72.0 Å². The van der Waals surface area contributed by atoms with Crippen molar-refractivity contribution in [2.75, 3.05) is 12.3 Å². The molecule has 5 rings (SSSR count). The Bertz CT molecular complexity index is 1810. The number of aliphatic carboxylic acids is 1. The predicted molar refractivity (Wildman–Crippen MR) is 174 cm³/mol. The van der Waals surface area contributed by atoms with E-state index >= 15 is 0 Å². The summed E-state index contributed by atoms with van der Waals surface area (Å²) in [6.07, 6.45) is 3.51. The molecule has 0 aliphatic carbocycles. The van der Waals surface area contributed by atoms with Gasteiger partial charge in [0.05, 0.1) is 22.0 Å². The topological polar surface area (TPSA) is 139 Å². The number of hydrogen-bond acceptors (Lipinski definition) is 8. The van der Waals surface area contributed by atoms with Gasteiger partial charge in [-0.25, -0.2) is 4.68 Å². The zero-order valence-corrected chi connectivity index (χ0v) is 26.4. The van der Waals surface area contributed by atoms with Gasteiger partial charge in [0, 0.05) is 41.4 Å². The van der Waals surface area contributed by atoms with Crippen LogP contribution < -0.4 is 4.74 Å². The molecule has 0 unspecified atom stereocenters. The highest BCUT2D eigenvalue weighted by atomic mass is 35.5. The molecule has 0 radical (unpaired) electrons. The number of carboxylic acids is 1. The lowest BCUT2D eigenvalue weighted by atomic mass is 10.1. The van der Waals surface area contributed by atoms with Crippen LogP contribution in [0.2, 0.25) is 5.02 Å². The number of nitrogens with zero attached hydrogens (tertiary/aromatic N) is 3. The zero-order chi connectivity index (χ0) is 31.9.